The van der Waals surface area contributed by atoms with E-state index < -0.39 is 7.92 Å². The summed E-state index contributed by atoms with van der Waals surface area (Å²) in [4.78, 5) is 27.5. The van der Waals surface area contributed by atoms with Crippen molar-refractivity contribution in [1.82, 2.24) is 0 Å². The molecule has 0 aromatic heterocycles. The number of hydrogen-bond acceptors (Lipinski definition) is 2. The van der Waals surface area contributed by atoms with Gasteiger partial charge in [0.1, 0.15) is 0 Å². The van der Waals surface area contributed by atoms with Crippen LogP contribution in [0.5, 0.6) is 0 Å². The van der Waals surface area contributed by atoms with Crippen LogP contribution >= 0.6 is 7.92 Å². The van der Waals surface area contributed by atoms with Gasteiger partial charge in [-0.2, -0.15) is 0 Å². The highest BCUT2D eigenvalue weighted by molar-refractivity contribution is 7.90. The Kier molecular flexibility index (Phi) is 7.57. The molecule has 0 N–H and O–H groups in total. The van der Waals surface area contributed by atoms with E-state index in [0.717, 1.165) is 39.8 Å². The maximum atomic E-state index is 13.7. The maximum absolute atomic E-state index is 13.7. The Labute approximate surface area is 177 Å². The fraction of sp³-hybridized carbons (Fsp3) is 0.462. The van der Waals surface area contributed by atoms with Gasteiger partial charge in [0, 0.05) is 19.0 Å². The van der Waals surface area contributed by atoms with Gasteiger partial charge < -0.3 is 0 Å². The second-order valence-corrected chi connectivity index (χ2v) is 11.7. The summed E-state index contributed by atoms with van der Waals surface area (Å²) < 4.78 is 0. The third kappa shape index (κ3) is 5.86. The van der Waals surface area contributed by atoms with E-state index in [1.54, 1.807) is 0 Å². The zero-order valence-electron chi connectivity index (χ0n) is 19.2. The molecule has 0 heterocycles. The van der Waals surface area contributed by atoms with Crippen LogP contribution in [0.4, 0.5) is 0 Å². The van der Waals surface area contributed by atoms with Crippen molar-refractivity contribution in [1.29, 1.82) is 0 Å². The SMILES string of the molecule is Cc1cccc(C)c1C(=O)P(CC(C)CC(C)(C)C)C(=O)c1c(C)cccc1C. The number of carbonyl (C=O) groups excluding carboxylic acids is 2. The van der Waals surface area contributed by atoms with Crippen LogP contribution < -0.4 is 0 Å². The Morgan fingerprint density at radius 2 is 1.14 bits per heavy atom. The fourth-order valence-electron chi connectivity index (χ4n) is 4.25. The second kappa shape index (κ2) is 9.35. The molecule has 0 aliphatic heterocycles. The molecule has 2 aromatic rings. The molecular weight excluding hydrogens is 375 g/mol. The molecule has 0 radical (unpaired) electrons. The lowest BCUT2D eigenvalue weighted by molar-refractivity contribution is 0.105. The van der Waals surface area contributed by atoms with Gasteiger partial charge in [-0.3, -0.25) is 9.59 Å². The molecule has 0 saturated carbocycles. The number of rotatable bonds is 7. The average Bonchev–Trinajstić information content (AvgIpc) is 2.57. The Morgan fingerprint density at radius 1 is 0.793 bits per heavy atom. The van der Waals surface area contributed by atoms with E-state index in [4.69, 9.17) is 0 Å². The highest BCUT2D eigenvalue weighted by Crippen LogP contribution is 2.48. The molecule has 0 amide bonds. The monoisotopic (exact) mass is 410 g/mol. The third-order valence-corrected chi connectivity index (χ3v) is 7.75. The van der Waals surface area contributed by atoms with Crippen molar-refractivity contribution < 1.29 is 9.59 Å². The molecule has 0 aliphatic carbocycles. The number of aryl methyl sites for hydroxylation is 4. The third-order valence-electron chi connectivity index (χ3n) is 5.34. The van der Waals surface area contributed by atoms with Gasteiger partial charge in [0.25, 0.3) is 0 Å². The van der Waals surface area contributed by atoms with E-state index in [-0.39, 0.29) is 16.5 Å². The largest absolute Gasteiger partial charge is 0.289 e. The van der Waals surface area contributed by atoms with E-state index in [9.17, 15) is 9.59 Å². The molecule has 0 saturated heterocycles. The summed E-state index contributed by atoms with van der Waals surface area (Å²) in [6.45, 7) is 16.7. The van der Waals surface area contributed by atoms with Crippen LogP contribution in [0.2, 0.25) is 0 Å². The Hall–Kier alpha value is -1.79. The van der Waals surface area contributed by atoms with E-state index in [1.165, 1.54) is 0 Å². The maximum Gasteiger partial charge on any atom is 0.192 e. The first-order valence-corrected chi connectivity index (χ1v) is 11.9. The van der Waals surface area contributed by atoms with Crippen LogP contribution in [-0.4, -0.2) is 17.2 Å². The second-order valence-electron chi connectivity index (χ2n) is 9.62. The topological polar surface area (TPSA) is 34.1 Å². The van der Waals surface area contributed by atoms with Gasteiger partial charge in [0.05, 0.1) is 0 Å². The lowest BCUT2D eigenvalue weighted by Gasteiger charge is -2.27. The summed E-state index contributed by atoms with van der Waals surface area (Å²) >= 11 is 0. The quantitative estimate of drug-likeness (QED) is 0.444. The van der Waals surface area contributed by atoms with Gasteiger partial charge in [-0.05, 0) is 73.9 Å². The standard InChI is InChI=1S/C26H35O2P/c1-17(15-26(6,7)8)16-29(24(27)22-18(2)11-9-12-19(22)3)25(28)23-20(4)13-10-14-21(23)5/h9-14,17H,15-16H2,1-8H3. The predicted octanol–water partition coefficient (Wildman–Crippen LogP) is 7.46. The van der Waals surface area contributed by atoms with E-state index in [2.05, 4.69) is 27.7 Å². The smallest absolute Gasteiger partial charge is 0.192 e. The minimum absolute atomic E-state index is 0.0315. The molecule has 0 spiro atoms. The van der Waals surface area contributed by atoms with Crippen molar-refractivity contribution in [2.24, 2.45) is 11.3 Å². The summed E-state index contributed by atoms with van der Waals surface area (Å²) in [5.74, 6) is 0.308. The first-order valence-electron chi connectivity index (χ1n) is 10.4. The molecule has 0 bridgehead atoms. The molecule has 2 rings (SSSR count). The molecular formula is C26H35O2P. The van der Waals surface area contributed by atoms with Crippen molar-refractivity contribution in [3.05, 3.63) is 69.8 Å². The first kappa shape index (κ1) is 23.5. The van der Waals surface area contributed by atoms with Crippen LogP contribution in [0.25, 0.3) is 0 Å². The molecule has 1 unspecified atom stereocenters. The first-order chi connectivity index (χ1) is 13.4. The van der Waals surface area contributed by atoms with E-state index in [0.29, 0.717) is 12.1 Å². The predicted molar refractivity (Wildman–Crippen MR) is 126 cm³/mol. The number of carbonyl (C=O) groups is 2. The van der Waals surface area contributed by atoms with Crippen molar-refractivity contribution in [2.75, 3.05) is 6.16 Å². The van der Waals surface area contributed by atoms with Crippen LogP contribution in [0.15, 0.2) is 36.4 Å². The molecule has 2 nitrogen and oxygen atoms in total. The highest BCUT2D eigenvalue weighted by atomic mass is 31.1. The Bertz CT molecular complexity index is 801. The van der Waals surface area contributed by atoms with Crippen molar-refractivity contribution in [3.63, 3.8) is 0 Å². The highest BCUT2D eigenvalue weighted by Gasteiger charge is 2.33. The van der Waals surface area contributed by atoms with Crippen molar-refractivity contribution >= 4 is 19.0 Å². The summed E-state index contributed by atoms with van der Waals surface area (Å²) in [5, 5.41) is 0. The van der Waals surface area contributed by atoms with Gasteiger partial charge in [0.15, 0.2) is 11.0 Å². The number of hydrogen-bond donors (Lipinski definition) is 0. The summed E-state index contributed by atoms with van der Waals surface area (Å²) in [6.07, 6.45) is 1.64. The normalized spacial score (nSPS) is 12.9. The van der Waals surface area contributed by atoms with Crippen LogP contribution in [0, 0.1) is 39.0 Å². The average molecular weight is 411 g/mol. The van der Waals surface area contributed by atoms with Crippen LogP contribution in [-0.2, 0) is 0 Å². The summed E-state index contributed by atoms with van der Waals surface area (Å²) in [6, 6.07) is 11.8. The van der Waals surface area contributed by atoms with Gasteiger partial charge in [-0.25, -0.2) is 0 Å². The van der Waals surface area contributed by atoms with Gasteiger partial charge >= 0.3 is 0 Å². The zero-order valence-corrected chi connectivity index (χ0v) is 20.1. The summed E-state index contributed by atoms with van der Waals surface area (Å²) in [5.41, 5.74) is 5.54. The minimum atomic E-state index is -1.47. The van der Waals surface area contributed by atoms with Crippen LogP contribution in [0.1, 0.15) is 77.1 Å². The lowest BCUT2D eigenvalue weighted by atomic mass is 9.86. The van der Waals surface area contributed by atoms with Crippen LogP contribution in [0.3, 0.4) is 0 Å². The molecule has 29 heavy (non-hydrogen) atoms. The van der Waals surface area contributed by atoms with E-state index in [1.807, 2.05) is 64.1 Å². The molecule has 0 aliphatic rings. The Balaban J connectivity index is 2.51. The molecule has 1 atom stereocenters. The molecule has 0 fully saturated rings. The van der Waals surface area contributed by atoms with Gasteiger partial charge in [0.2, 0.25) is 0 Å². The molecule has 156 valence electrons. The van der Waals surface area contributed by atoms with Gasteiger partial charge in [-0.15, -0.1) is 0 Å². The number of benzene rings is 2. The molecule has 3 heteroatoms. The molecule has 2 aromatic carbocycles. The van der Waals surface area contributed by atoms with Gasteiger partial charge in [-0.1, -0.05) is 64.1 Å². The lowest BCUT2D eigenvalue weighted by Crippen LogP contribution is -2.19. The fourth-order valence-corrected chi connectivity index (χ4v) is 6.77. The van der Waals surface area contributed by atoms with E-state index >= 15 is 0 Å². The van der Waals surface area contributed by atoms with Crippen molar-refractivity contribution in [3.8, 4) is 0 Å². The summed E-state index contributed by atoms with van der Waals surface area (Å²) in [7, 11) is -1.47. The minimum Gasteiger partial charge on any atom is -0.289 e. The Morgan fingerprint density at radius 3 is 1.45 bits per heavy atom. The van der Waals surface area contributed by atoms with Crippen molar-refractivity contribution in [2.45, 2.75) is 61.8 Å². The zero-order chi connectivity index (χ0) is 21.9.